The Morgan fingerprint density at radius 3 is 2.75 bits per heavy atom. The van der Waals surface area contributed by atoms with Crippen LogP contribution in [0.5, 0.6) is 5.75 Å². The standard InChI is InChI=1S/C22H20N4O2/c1-28-20-9-5-3-6-16(20)10-13-25-22(27)17-11-12-24-21(14-17)26-19-8-4-2-7-18(19)15-23/h2-9,11-12,14H,10,13H2,1H3,(H,24,26)(H,25,27). The molecule has 3 aromatic rings. The van der Waals surface area contributed by atoms with Crippen molar-refractivity contribution < 1.29 is 9.53 Å². The first-order valence-electron chi connectivity index (χ1n) is 8.83. The molecule has 1 aromatic heterocycles. The number of carbonyl (C=O) groups is 1. The van der Waals surface area contributed by atoms with Crippen LogP contribution in [0, 0.1) is 11.3 Å². The highest BCUT2D eigenvalue weighted by molar-refractivity contribution is 5.95. The first kappa shape index (κ1) is 18.9. The predicted molar refractivity (Wildman–Crippen MR) is 108 cm³/mol. The highest BCUT2D eigenvalue weighted by atomic mass is 16.5. The lowest BCUT2D eigenvalue weighted by atomic mass is 10.1. The maximum Gasteiger partial charge on any atom is 0.251 e. The zero-order valence-electron chi connectivity index (χ0n) is 15.5. The Hall–Kier alpha value is -3.85. The van der Waals surface area contributed by atoms with Crippen molar-refractivity contribution in [3.63, 3.8) is 0 Å². The van der Waals surface area contributed by atoms with Crippen LogP contribution in [0.25, 0.3) is 0 Å². The van der Waals surface area contributed by atoms with Crippen LogP contribution in [0.2, 0.25) is 0 Å². The minimum atomic E-state index is -0.186. The van der Waals surface area contributed by atoms with E-state index < -0.39 is 0 Å². The zero-order valence-corrected chi connectivity index (χ0v) is 15.5. The quantitative estimate of drug-likeness (QED) is 0.661. The number of rotatable bonds is 7. The van der Waals surface area contributed by atoms with Crippen LogP contribution < -0.4 is 15.4 Å². The van der Waals surface area contributed by atoms with Gasteiger partial charge in [0.05, 0.1) is 18.4 Å². The molecule has 0 saturated heterocycles. The van der Waals surface area contributed by atoms with Crippen LogP contribution in [0.1, 0.15) is 21.5 Å². The van der Waals surface area contributed by atoms with E-state index in [0.717, 1.165) is 11.3 Å². The Bertz CT molecular complexity index is 1010. The number of amides is 1. The highest BCUT2D eigenvalue weighted by Crippen LogP contribution is 2.20. The topological polar surface area (TPSA) is 87.0 Å². The molecule has 28 heavy (non-hydrogen) atoms. The summed E-state index contributed by atoms with van der Waals surface area (Å²) >= 11 is 0. The van der Waals surface area contributed by atoms with Crippen molar-refractivity contribution in [2.45, 2.75) is 6.42 Å². The highest BCUT2D eigenvalue weighted by Gasteiger charge is 2.09. The summed E-state index contributed by atoms with van der Waals surface area (Å²) in [5.74, 6) is 1.12. The smallest absolute Gasteiger partial charge is 0.251 e. The lowest BCUT2D eigenvalue weighted by molar-refractivity contribution is 0.0954. The number of anilines is 2. The molecule has 6 heteroatoms. The Labute approximate surface area is 163 Å². The van der Waals surface area contributed by atoms with Crippen LogP contribution in [0.3, 0.4) is 0 Å². The van der Waals surface area contributed by atoms with Crippen LogP contribution in [-0.2, 0) is 6.42 Å². The fourth-order valence-corrected chi connectivity index (χ4v) is 2.79. The van der Waals surface area contributed by atoms with E-state index in [1.807, 2.05) is 30.3 Å². The van der Waals surface area contributed by atoms with Gasteiger partial charge >= 0.3 is 0 Å². The van der Waals surface area contributed by atoms with Gasteiger partial charge in [-0.25, -0.2) is 4.98 Å². The van der Waals surface area contributed by atoms with Crippen molar-refractivity contribution in [3.8, 4) is 11.8 Å². The van der Waals surface area contributed by atoms with Crippen molar-refractivity contribution >= 4 is 17.4 Å². The normalized spacial score (nSPS) is 10.0. The molecule has 0 saturated carbocycles. The monoisotopic (exact) mass is 372 g/mol. The number of benzene rings is 2. The minimum Gasteiger partial charge on any atom is -0.496 e. The minimum absolute atomic E-state index is 0.186. The predicted octanol–water partition coefficient (Wildman–Crippen LogP) is 3.68. The van der Waals surface area contributed by atoms with E-state index in [9.17, 15) is 10.1 Å². The Kier molecular flexibility index (Phi) is 6.21. The molecule has 1 amide bonds. The molecule has 0 fully saturated rings. The number of carbonyl (C=O) groups excluding carboxylic acids is 1. The van der Waals surface area contributed by atoms with Crippen molar-refractivity contribution in [3.05, 3.63) is 83.6 Å². The first-order chi connectivity index (χ1) is 13.7. The van der Waals surface area contributed by atoms with E-state index in [1.54, 1.807) is 43.6 Å². The average molecular weight is 372 g/mol. The van der Waals surface area contributed by atoms with Crippen LogP contribution >= 0.6 is 0 Å². The molecule has 6 nitrogen and oxygen atoms in total. The molecule has 3 rings (SSSR count). The van der Waals surface area contributed by atoms with Crippen molar-refractivity contribution in [2.75, 3.05) is 19.0 Å². The maximum atomic E-state index is 12.5. The molecule has 0 radical (unpaired) electrons. The van der Waals surface area contributed by atoms with Gasteiger partial charge in [0.1, 0.15) is 17.6 Å². The number of ether oxygens (including phenoxy) is 1. The summed E-state index contributed by atoms with van der Waals surface area (Å²) < 4.78 is 5.33. The fourth-order valence-electron chi connectivity index (χ4n) is 2.79. The number of para-hydroxylation sites is 2. The lowest BCUT2D eigenvalue weighted by Crippen LogP contribution is -2.25. The van der Waals surface area contributed by atoms with Crippen molar-refractivity contribution in [2.24, 2.45) is 0 Å². The van der Waals surface area contributed by atoms with Gasteiger partial charge in [-0.05, 0) is 42.3 Å². The van der Waals surface area contributed by atoms with Gasteiger partial charge in [0.15, 0.2) is 0 Å². The van der Waals surface area contributed by atoms with E-state index in [2.05, 4.69) is 21.7 Å². The van der Waals surface area contributed by atoms with Crippen molar-refractivity contribution in [1.82, 2.24) is 10.3 Å². The van der Waals surface area contributed by atoms with Crippen LogP contribution in [-0.4, -0.2) is 24.5 Å². The molecule has 2 N–H and O–H groups in total. The summed E-state index contributed by atoms with van der Waals surface area (Å²) in [6, 6.07) is 20.3. The summed E-state index contributed by atoms with van der Waals surface area (Å²) in [7, 11) is 1.63. The van der Waals surface area contributed by atoms with E-state index in [-0.39, 0.29) is 5.91 Å². The molecular formula is C22H20N4O2. The fraction of sp³-hybridized carbons (Fsp3) is 0.136. The Morgan fingerprint density at radius 1 is 1.14 bits per heavy atom. The number of aromatic nitrogens is 1. The van der Waals surface area contributed by atoms with Gasteiger partial charge in [-0.1, -0.05) is 30.3 Å². The number of nitrogens with zero attached hydrogens (tertiary/aromatic N) is 2. The second kappa shape index (κ2) is 9.19. The number of nitriles is 1. The van der Waals surface area contributed by atoms with Gasteiger partial charge in [-0.3, -0.25) is 4.79 Å². The first-order valence-corrected chi connectivity index (χ1v) is 8.83. The van der Waals surface area contributed by atoms with Gasteiger partial charge in [0.2, 0.25) is 0 Å². The van der Waals surface area contributed by atoms with E-state index >= 15 is 0 Å². The second-order valence-corrected chi connectivity index (χ2v) is 6.03. The molecule has 0 bridgehead atoms. The third kappa shape index (κ3) is 4.65. The number of hydrogen-bond donors (Lipinski definition) is 2. The third-order valence-corrected chi connectivity index (χ3v) is 4.20. The summed E-state index contributed by atoms with van der Waals surface area (Å²) in [6.45, 7) is 0.488. The van der Waals surface area contributed by atoms with Crippen molar-refractivity contribution in [1.29, 1.82) is 5.26 Å². The van der Waals surface area contributed by atoms with Gasteiger partial charge in [0, 0.05) is 18.3 Å². The Morgan fingerprint density at radius 2 is 1.93 bits per heavy atom. The van der Waals surface area contributed by atoms with E-state index in [0.29, 0.717) is 35.6 Å². The molecular weight excluding hydrogens is 352 g/mol. The molecule has 2 aromatic carbocycles. The number of hydrogen-bond acceptors (Lipinski definition) is 5. The summed E-state index contributed by atoms with van der Waals surface area (Å²) in [5.41, 5.74) is 2.68. The van der Waals surface area contributed by atoms with Crippen LogP contribution in [0.15, 0.2) is 66.9 Å². The average Bonchev–Trinajstić information content (AvgIpc) is 2.74. The summed E-state index contributed by atoms with van der Waals surface area (Å²) in [5, 5.41) is 15.2. The zero-order chi connectivity index (χ0) is 19.8. The molecule has 0 atom stereocenters. The molecule has 0 spiro atoms. The van der Waals surface area contributed by atoms with E-state index in [1.165, 1.54) is 0 Å². The molecule has 0 aliphatic heterocycles. The number of nitrogens with one attached hydrogen (secondary N) is 2. The number of pyridine rings is 1. The largest absolute Gasteiger partial charge is 0.496 e. The molecule has 0 aliphatic rings. The third-order valence-electron chi connectivity index (χ3n) is 4.20. The summed E-state index contributed by atoms with van der Waals surface area (Å²) in [6.07, 6.45) is 2.23. The Balaban J connectivity index is 1.63. The van der Waals surface area contributed by atoms with Gasteiger partial charge < -0.3 is 15.4 Å². The SMILES string of the molecule is COc1ccccc1CCNC(=O)c1ccnc(Nc2ccccc2C#N)c1. The van der Waals surface area contributed by atoms with E-state index in [4.69, 9.17) is 4.74 Å². The van der Waals surface area contributed by atoms with Gasteiger partial charge in [-0.2, -0.15) is 5.26 Å². The van der Waals surface area contributed by atoms with Gasteiger partial charge in [0.25, 0.3) is 5.91 Å². The molecule has 140 valence electrons. The summed E-state index contributed by atoms with van der Waals surface area (Å²) in [4.78, 5) is 16.7. The molecule has 1 heterocycles. The number of methoxy groups -OCH3 is 1. The second-order valence-electron chi connectivity index (χ2n) is 6.03. The molecule has 0 unspecified atom stereocenters. The maximum absolute atomic E-state index is 12.5. The lowest BCUT2D eigenvalue weighted by Gasteiger charge is -2.10. The van der Waals surface area contributed by atoms with Crippen LogP contribution in [0.4, 0.5) is 11.5 Å². The molecule has 0 aliphatic carbocycles. The van der Waals surface area contributed by atoms with Gasteiger partial charge in [-0.15, -0.1) is 0 Å².